The van der Waals surface area contributed by atoms with Crippen LogP contribution in [0.3, 0.4) is 0 Å². The summed E-state index contributed by atoms with van der Waals surface area (Å²) in [6.45, 7) is 4.34. The summed E-state index contributed by atoms with van der Waals surface area (Å²) in [6.07, 6.45) is 3.06. The minimum atomic E-state index is -0.760. The van der Waals surface area contributed by atoms with Crippen LogP contribution in [0.2, 0.25) is 0 Å². The van der Waals surface area contributed by atoms with E-state index in [0.29, 0.717) is 32.2 Å². The quantitative estimate of drug-likeness (QED) is 0.521. The van der Waals surface area contributed by atoms with E-state index in [4.69, 9.17) is 11.5 Å². The SMILES string of the molecule is CCC(N)(CC)C(=O)NCCCCC(N)=O. The molecule has 0 aromatic rings. The van der Waals surface area contributed by atoms with Gasteiger partial charge >= 0.3 is 0 Å². The molecule has 0 saturated carbocycles. The normalized spacial score (nSPS) is 11.2. The first-order valence-electron chi connectivity index (χ1n) is 5.81. The summed E-state index contributed by atoms with van der Waals surface area (Å²) >= 11 is 0. The molecule has 0 unspecified atom stereocenters. The molecule has 0 aromatic carbocycles. The highest BCUT2D eigenvalue weighted by Gasteiger charge is 2.29. The molecule has 0 aliphatic rings. The molecular formula is C11H23N3O2. The molecule has 0 aliphatic carbocycles. The van der Waals surface area contributed by atoms with Gasteiger partial charge in [0.25, 0.3) is 0 Å². The molecule has 0 radical (unpaired) electrons. The third-order valence-corrected chi connectivity index (χ3v) is 2.85. The van der Waals surface area contributed by atoms with E-state index in [0.717, 1.165) is 6.42 Å². The van der Waals surface area contributed by atoms with Crippen LogP contribution in [0.5, 0.6) is 0 Å². The van der Waals surface area contributed by atoms with E-state index in [1.54, 1.807) is 0 Å². The van der Waals surface area contributed by atoms with E-state index in [9.17, 15) is 9.59 Å². The number of unbranched alkanes of at least 4 members (excludes halogenated alkanes) is 1. The minimum absolute atomic E-state index is 0.114. The Bertz CT molecular complexity index is 237. The lowest BCUT2D eigenvalue weighted by molar-refractivity contribution is -0.126. The van der Waals surface area contributed by atoms with Crippen molar-refractivity contribution in [1.29, 1.82) is 0 Å². The van der Waals surface area contributed by atoms with Gasteiger partial charge in [-0.05, 0) is 25.7 Å². The fourth-order valence-electron chi connectivity index (χ4n) is 1.37. The van der Waals surface area contributed by atoms with Crippen LogP contribution in [0, 0.1) is 0 Å². The van der Waals surface area contributed by atoms with E-state index in [1.807, 2.05) is 13.8 Å². The molecule has 2 amide bonds. The van der Waals surface area contributed by atoms with E-state index in [2.05, 4.69) is 5.32 Å². The third kappa shape index (κ3) is 5.11. The number of carbonyl (C=O) groups is 2. The average Bonchev–Trinajstić information content (AvgIpc) is 2.26. The Morgan fingerprint density at radius 3 is 2.19 bits per heavy atom. The third-order valence-electron chi connectivity index (χ3n) is 2.85. The van der Waals surface area contributed by atoms with E-state index in [-0.39, 0.29) is 11.8 Å². The maximum Gasteiger partial charge on any atom is 0.240 e. The number of hydrogen-bond donors (Lipinski definition) is 3. The van der Waals surface area contributed by atoms with Gasteiger partial charge in [0.2, 0.25) is 11.8 Å². The molecule has 0 fully saturated rings. The first-order chi connectivity index (χ1) is 7.46. The van der Waals surface area contributed by atoms with Crippen molar-refractivity contribution < 1.29 is 9.59 Å². The van der Waals surface area contributed by atoms with Gasteiger partial charge in [-0.2, -0.15) is 0 Å². The summed E-state index contributed by atoms with van der Waals surface area (Å²) < 4.78 is 0. The molecule has 0 spiro atoms. The summed E-state index contributed by atoms with van der Waals surface area (Å²) in [5.41, 5.74) is 10.2. The lowest BCUT2D eigenvalue weighted by Gasteiger charge is -2.25. The van der Waals surface area contributed by atoms with Crippen molar-refractivity contribution in [3.63, 3.8) is 0 Å². The van der Waals surface area contributed by atoms with Gasteiger partial charge in [-0.1, -0.05) is 13.8 Å². The van der Waals surface area contributed by atoms with Crippen molar-refractivity contribution in [3.8, 4) is 0 Å². The number of hydrogen-bond acceptors (Lipinski definition) is 3. The Hall–Kier alpha value is -1.10. The predicted molar refractivity (Wildman–Crippen MR) is 63.6 cm³/mol. The summed E-state index contributed by atoms with van der Waals surface area (Å²) in [7, 11) is 0. The van der Waals surface area contributed by atoms with Crippen molar-refractivity contribution >= 4 is 11.8 Å². The topological polar surface area (TPSA) is 98.2 Å². The van der Waals surface area contributed by atoms with E-state index in [1.165, 1.54) is 0 Å². The van der Waals surface area contributed by atoms with E-state index >= 15 is 0 Å². The summed E-state index contributed by atoms with van der Waals surface area (Å²) in [5, 5.41) is 2.78. The number of rotatable bonds is 8. The smallest absolute Gasteiger partial charge is 0.240 e. The molecule has 0 aliphatic heterocycles. The molecule has 0 rings (SSSR count). The van der Waals surface area contributed by atoms with Gasteiger partial charge in [-0.3, -0.25) is 9.59 Å². The standard InChI is InChI=1S/C11H23N3O2/c1-3-11(13,4-2)10(16)14-8-6-5-7-9(12)15/h3-8,13H2,1-2H3,(H2,12,15)(H,14,16). The minimum Gasteiger partial charge on any atom is -0.370 e. The molecular weight excluding hydrogens is 206 g/mol. The molecule has 0 saturated heterocycles. The number of nitrogens with two attached hydrogens (primary N) is 2. The molecule has 5 heteroatoms. The number of amides is 2. The van der Waals surface area contributed by atoms with Gasteiger partial charge in [0, 0.05) is 13.0 Å². The highest BCUT2D eigenvalue weighted by atomic mass is 16.2. The van der Waals surface area contributed by atoms with Crippen LogP contribution in [-0.4, -0.2) is 23.9 Å². The van der Waals surface area contributed by atoms with Crippen molar-refractivity contribution in [2.24, 2.45) is 11.5 Å². The van der Waals surface area contributed by atoms with Gasteiger partial charge in [-0.25, -0.2) is 0 Å². The highest BCUT2D eigenvalue weighted by molar-refractivity contribution is 5.85. The van der Waals surface area contributed by atoms with Gasteiger partial charge < -0.3 is 16.8 Å². The molecule has 0 aromatic heterocycles. The first kappa shape index (κ1) is 14.9. The molecule has 94 valence electrons. The second-order valence-electron chi connectivity index (χ2n) is 4.04. The maximum atomic E-state index is 11.7. The molecule has 5 N–H and O–H groups in total. The Morgan fingerprint density at radius 2 is 1.75 bits per heavy atom. The zero-order chi connectivity index (χ0) is 12.6. The second kappa shape index (κ2) is 7.22. The van der Waals surface area contributed by atoms with Crippen LogP contribution in [0.25, 0.3) is 0 Å². The number of carbonyl (C=O) groups excluding carboxylic acids is 2. The Morgan fingerprint density at radius 1 is 1.19 bits per heavy atom. The van der Waals surface area contributed by atoms with Crippen LogP contribution in [0.4, 0.5) is 0 Å². The summed E-state index contributed by atoms with van der Waals surface area (Å²) in [4.78, 5) is 22.2. The Labute approximate surface area is 96.9 Å². The highest BCUT2D eigenvalue weighted by Crippen LogP contribution is 2.10. The second-order valence-corrected chi connectivity index (χ2v) is 4.04. The van der Waals surface area contributed by atoms with Crippen molar-refractivity contribution in [2.75, 3.05) is 6.54 Å². The molecule has 0 atom stereocenters. The maximum absolute atomic E-state index is 11.7. The zero-order valence-corrected chi connectivity index (χ0v) is 10.2. The lowest BCUT2D eigenvalue weighted by Crippen LogP contribution is -2.53. The first-order valence-corrected chi connectivity index (χ1v) is 5.81. The van der Waals surface area contributed by atoms with Gasteiger partial charge in [-0.15, -0.1) is 0 Å². The Balaban J connectivity index is 3.77. The monoisotopic (exact) mass is 229 g/mol. The number of primary amides is 1. The Kier molecular flexibility index (Phi) is 6.72. The average molecular weight is 229 g/mol. The van der Waals surface area contributed by atoms with Gasteiger partial charge in [0.1, 0.15) is 0 Å². The molecule has 16 heavy (non-hydrogen) atoms. The largest absolute Gasteiger partial charge is 0.370 e. The molecule has 5 nitrogen and oxygen atoms in total. The number of nitrogens with one attached hydrogen (secondary N) is 1. The van der Waals surface area contributed by atoms with Crippen molar-refractivity contribution in [1.82, 2.24) is 5.32 Å². The molecule has 0 heterocycles. The summed E-state index contributed by atoms with van der Waals surface area (Å²) in [6, 6.07) is 0. The summed E-state index contributed by atoms with van der Waals surface area (Å²) in [5.74, 6) is -0.418. The van der Waals surface area contributed by atoms with Crippen LogP contribution in [-0.2, 0) is 9.59 Å². The van der Waals surface area contributed by atoms with E-state index < -0.39 is 5.54 Å². The molecule has 0 bridgehead atoms. The van der Waals surface area contributed by atoms with Crippen molar-refractivity contribution in [2.45, 2.75) is 51.5 Å². The van der Waals surface area contributed by atoms with Crippen LogP contribution in [0.15, 0.2) is 0 Å². The van der Waals surface area contributed by atoms with Gasteiger partial charge in [0.05, 0.1) is 5.54 Å². The predicted octanol–water partition coefficient (Wildman–Crippen LogP) is 0.276. The lowest BCUT2D eigenvalue weighted by atomic mass is 9.93. The zero-order valence-electron chi connectivity index (χ0n) is 10.2. The fraction of sp³-hybridized carbons (Fsp3) is 0.818. The van der Waals surface area contributed by atoms with Crippen LogP contribution >= 0.6 is 0 Å². The van der Waals surface area contributed by atoms with Crippen LogP contribution < -0.4 is 16.8 Å². The fourth-order valence-corrected chi connectivity index (χ4v) is 1.37. The van der Waals surface area contributed by atoms with Crippen LogP contribution in [0.1, 0.15) is 46.0 Å². The van der Waals surface area contributed by atoms with Gasteiger partial charge in [0.15, 0.2) is 0 Å². The van der Waals surface area contributed by atoms with Crippen molar-refractivity contribution in [3.05, 3.63) is 0 Å².